The number of amides is 1. The number of nitrogens with zero attached hydrogens (tertiary/aromatic N) is 2. The molecule has 34 heavy (non-hydrogen) atoms. The van der Waals surface area contributed by atoms with Crippen LogP contribution >= 0.6 is 11.8 Å². The van der Waals surface area contributed by atoms with Gasteiger partial charge in [0.05, 0.1) is 6.54 Å². The molecule has 10 heteroatoms. The number of nitrogens with one attached hydrogen (secondary N) is 1. The molecule has 3 N–H and O–H groups in total. The highest BCUT2D eigenvalue weighted by molar-refractivity contribution is 7.99. The molecule has 3 aromatic rings. The molecule has 0 aliphatic carbocycles. The van der Waals surface area contributed by atoms with Gasteiger partial charge in [0, 0.05) is 37.3 Å². The van der Waals surface area contributed by atoms with E-state index in [0.29, 0.717) is 18.8 Å². The van der Waals surface area contributed by atoms with E-state index in [2.05, 4.69) is 4.98 Å². The number of methoxy groups -OCH3 is 1. The van der Waals surface area contributed by atoms with Crippen LogP contribution in [0.2, 0.25) is 0 Å². The van der Waals surface area contributed by atoms with Crippen molar-refractivity contribution in [2.24, 2.45) is 0 Å². The van der Waals surface area contributed by atoms with Gasteiger partial charge in [-0.1, -0.05) is 30.3 Å². The van der Waals surface area contributed by atoms with Crippen molar-refractivity contribution in [2.45, 2.75) is 24.3 Å². The summed E-state index contributed by atoms with van der Waals surface area (Å²) in [6, 6.07) is 15.2. The second kappa shape index (κ2) is 12.2. The minimum Gasteiger partial charge on any atom is -0.385 e. The third-order valence-electron chi connectivity index (χ3n) is 5.10. The SMILES string of the molecule is COCCCN(C(=O)CCSc1ccc(F)cc1)c1c(N)n(Cc2ccccc2)c(=O)[nH]c1=O. The Morgan fingerprint density at radius 2 is 1.85 bits per heavy atom. The van der Waals surface area contributed by atoms with Crippen LogP contribution < -0.4 is 21.9 Å². The average Bonchev–Trinajstić information content (AvgIpc) is 2.82. The summed E-state index contributed by atoms with van der Waals surface area (Å²) < 4.78 is 19.4. The fraction of sp³-hybridized carbons (Fsp3) is 0.292. The number of anilines is 2. The minimum absolute atomic E-state index is 0.0524. The van der Waals surface area contributed by atoms with Crippen LogP contribution in [0.25, 0.3) is 0 Å². The number of carbonyl (C=O) groups is 1. The summed E-state index contributed by atoms with van der Waals surface area (Å²) in [6.07, 6.45) is 0.593. The van der Waals surface area contributed by atoms with E-state index >= 15 is 0 Å². The highest BCUT2D eigenvalue weighted by atomic mass is 32.2. The number of benzene rings is 2. The van der Waals surface area contributed by atoms with Gasteiger partial charge in [-0.3, -0.25) is 19.1 Å². The Balaban J connectivity index is 1.85. The summed E-state index contributed by atoms with van der Waals surface area (Å²) in [5, 5.41) is 0. The van der Waals surface area contributed by atoms with Gasteiger partial charge in [-0.15, -0.1) is 11.8 Å². The predicted molar refractivity (Wildman–Crippen MR) is 132 cm³/mol. The molecule has 3 rings (SSSR count). The first-order valence-electron chi connectivity index (χ1n) is 10.7. The number of rotatable bonds is 11. The molecule has 2 aromatic carbocycles. The van der Waals surface area contributed by atoms with E-state index in [9.17, 15) is 18.8 Å². The van der Waals surface area contributed by atoms with Crippen molar-refractivity contribution in [3.8, 4) is 0 Å². The van der Waals surface area contributed by atoms with Crippen molar-refractivity contribution in [1.82, 2.24) is 9.55 Å². The Hall–Kier alpha value is -3.37. The van der Waals surface area contributed by atoms with Crippen molar-refractivity contribution in [1.29, 1.82) is 0 Å². The second-order valence-electron chi connectivity index (χ2n) is 7.51. The van der Waals surface area contributed by atoms with Gasteiger partial charge in [0.15, 0.2) is 5.69 Å². The molecule has 0 aliphatic heterocycles. The molecule has 0 radical (unpaired) electrons. The Morgan fingerprint density at radius 1 is 1.15 bits per heavy atom. The third-order valence-corrected chi connectivity index (χ3v) is 6.11. The number of aromatic nitrogens is 2. The Bertz CT molecular complexity index is 1210. The number of hydrogen-bond acceptors (Lipinski definition) is 6. The number of ether oxygens (including phenoxy) is 1. The van der Waals surface area contributed by atoms with Gasteiger partial charge in [-0.2, -0.15) is 0 Å². The first-order valence-corrected chi connectivity index (χ1v) is 11.7. The summed E-state index contributed by atoms with van der Waals surface area (Å²) in [5.74, 6) is -0.292. The Labute approximate surface area is 200 Å². The smallest absolute Gasteiger partial charge is 0.330 e. The summed E-state index contributed by atoms with van der Waals surface area (Å²) in [7, 11) is 1.55. The zero-order chi connectivity index (χ0) is 24.5. The largest absolute Gasteiger partial charge is 0.385 e. The number of H-pyrrole nitrogens is 1. The van der Waals surface area contributed by atoms with Gasteiger partial charge >= 0.3 is 5.69 Å². The van der Waals surface area contributed by atoms with Crippen LogP contribution in [0.3, 0.4) is 0 Å². The monoisotopic (exact) mass is 486 g/mol. The molecule has 0 saturated carbocycles. The van der Waals surface area contributed by atoms with Crippen molar-refractivity contribution in [3.05, 3.63) is 86.8 Å². The number of halogens is 1. The molecule has 0 saturated heterocycles. The number of aromatic amines is 1. The molecular weight excluding hydrogens is 459 g/mol. The molecule has 0 unspecified atom stereocenters. The molecular formula is C24H27FN4O4S. The van der Waals surface area contributed by atoms with Gasteiger partial charge in [0.1, 0.15) is 11.6 Å². The lowest BCUT2D eigenvalue weighted by Gasteiger charge is -2.24. The summed E-state index contributed by atoms with van der Waals surface area (Å²) >= 11 is 1.40. The van der Waals surface area contributed by atoms with Crippen molar-refractivity contribution in [3.63, 3.8) is 0 Å². The maximum absolute atomic E-state index is 13.2. The summed E-state index contributed by atoms with van der Waals surface area (Å²) in [6.45, 7) is 0.732. The molecule has 180 valence electrons. The number of nitrogens with two attached hydrogens (primary N) is 1. The summed E-state index contributed by atoms with van der Waals surface area (Å²) in [5.41, 5.74) is 5.69. The lowest BCUT2D eigenvalue weighted by molar-refractivity contribution is -0.118. The van der Waals surface area contributed by atoms with E-state index in [4.69, 9.17) is 10.5 Å². The van der Waals surface area contributed by atoms with Gasteiger partial charge in [-0.25, -0.2) is 9.18 Å². The topological polar surface area (TPSA) is 110 Å². The third kappa shape index (κ3) is 6.58. The molecule has 0 spiro atoms. The van der Waals surface area contributed by atoms with Crippen LogP contribution in [0.1, 0.15) is 18.4 Å². The van der Waals surface area contributed by atoms with Crippen LogP contribution in [0, 0.1) is 5.82 Å². The van der Waals surface area contributed by atoms with E-state index in [-0.39, 0.29) is 42.7 Å². The predicted octanol–water partition coefficient (Wildman–Crippen LogP) is 2.86. The molecule has 1 aromatic heterocycles. The zero-order valence-electron chi connectivity index (χ0n) is 18.8. The minimum atomic E-state index is -0.719. The maximum Gasteiger partial charge on any atom is 0.330 e. The second-order valence-corrected chi connectivity index (χ2v) is 8.68. The highest BCUT2D eigenvalue weighted by Crippen LogP contribution is 2.22. The molecule has 0 aliphatic rings. The number of nitrogen functional groups attached to an aromatic ring is 1. The van der Waals surface area contributed by atoms with Gasteiger partial charge in [-0.05, 0) is 36.2 Å². The van der Waals surface area contributed by atoms with Crippen LogP contribution in [0.5, 0.6) is 0 Å². The normalized spacial score (nSPS) is 10.9. The fourth-order valence-electron chi connectivity index (χ4n) is 3.41. The van der Waals surface area contributed by atoms with Crippen molar-refractivity contribution >= 4 is 29.2 Å². The molecule has 1 heterocycles. The van der Waals surface area contributed by atoms with E-state index in [0.717, 1.165) is 10.5 Å². The number of hydrogen-bond donors (Lipinski definition) is 2. The molecule has 0 fully saturated rings. The lowest BCUT2D eigenvalue weighted by atomic mass is 10.2. The summed E-state index contributed by atoms with van der Waals surface area (Å²) in [4.78, 5) is 42.8. The first-order chi connectivity index (χ1) is 16.4. The lowest BCUT2D eigenvalue weighted by Crippen LogP contribution is -2.42. The first kappa shape index (κ1) is 25.3. The van der Waals surface area contributed by atoms with Gasteiger partial charge in [0.2, 0.25) is 5.91 Å². The van der Waals surface area contributed by atoms with Crippen LogP contribution in [0.4, 0.5) is 15.9 Å². The van der Waals surface area contributed by atoms with Crippen molar-refractivity contribution < 1.29 is 13.9 Å². The Morgan fingerprint density at radius 3 is 2.53 bits per heavy atom. The van der Waals surface area contributed by atoms with E-state index in [1.165, 1.54) is 33.4 Å². The van der Waals surface area contributed by atoms with Crippen molar-refractivity contribution in [2.75, 3.05) is 36.6 Å². The molecule has 0 bridgehead atoms. The van der Waals surface area contributed by atoms with Crippen LogP contribution in [-0.4, -0.2) is 41.5 Å². The highest BCUT2D eigenvalue weighted by Gasteiger charge is 2.24. The van der Waals surface area contributed by atoms with Crippen LogP contribution in [-0.2, 0) is 16.1 Å². The van der Waals surface area contributed by atoms with Gasteiger partial charge in [0.25, 0.3) is 5.56 Å². The van der Waals surface area contributed by atoms with E-state index in [1.807, 2.05) is 30.3 Å². The van der Waals surface area contributed by atoms with E-state index < -0.39 is 11.2 Å². The Kier molecular flexibility index (Phi) is 9.06. The molecule has 1 amide bonds. The van der Waals surface area contributed by atoms with E-state index in [1.54, 1.807) is 19.2 Å². The number of carbonyl (C=O) groups excluding carboxylic acids is 1. The quantitative estimate of drug-likeness (QED) is 0.319. The molecule has 8 nitrogen and oxygen atoms in total. The standard InChI is InChI=1S/C24H27FN4O4S/c1-33-14-5-13-28(20(30)12-15-34-19-10-8-18(25)9-11-19)21-22(26)29(24(32)27-23(21)31)16-17-6-3-2-4-7-17/h2-4,6-11H,5,12-16,26H2,1H3,(H,27,31,32). The fourth-order valence-corrected chi connectivity index (χ4v) is 4.25. The van der Waals surface area contributed by atoms with Crippen LogP contribution in [0.15, 0.2) is 69.1 Å². The van der Waals surface area contributed by atoms with Gasteiger partial charge < -0.3 is 15.4 Å². The average molecular weight is 487 g/mol. The maximum atomic E-state index is 13.2. The zero-order valence-corrected chi connectivity index (χ0v) is 19.6. The number of thioether (sulfide) groups is 1. The molecule has 0 atom stereocenters.